The third kappa shape index (κ3) is 4.49. The molecule has 0 aromatic carbocycles. The number of rotatable bonds is 4. The van der Waals surface area contributed by atoms with Gasteiger partial charge in [-0.25, -0.2) is 0 Å². The highest BCUT2D eigenvalue weighted by Gasteiger charge is 2.43. The van der Waals surface area contributed by atoms with Crippen LogP contribution < -0.4 is 5.32 Å². The van der Waals surface area contributed by atoms with E-state index < -0.39 is 12.7 Å². The van der Waals surface area contributed by atoms with Gasteiger partial charge >= 0.3 is 6.18 Å². The van der Waals surface area contributed by atoms with E-state index >= 15 is 0 Å². The zero-order chi connectivity index (χ0) is 15.5. The average Bonchev–Trinajstić information content (AvgIpc) is 2.77. The number of likely N-dealkylation sites (tertiary alicyclic amines) is 1. The average molecular weight is 306 g/mol. The molecule has 2 rings (SSSR count). The molecule has 4 nitrogen and oxygen atoms in total. The molecule has 0 bridgehead atoms. The molecule has 122 valence electrons. The van der Waals surface area contributed by atoms with E-state index in [0.717, 1.165) is 19.0 Å². The Kier molecular flexibility index (Phi) is 5.01. The van der Waals surface area contributed by atoms with Gasteiger partial charge < -0.3 is 10.2 Å². The highest BCUT2D eigenvalue weighted by molar-refractivity contribution is 5.80. The number of hydrogen-bond acceptors (Lipinski definition) is 2. The normalized spacial score (nSPS) is 22.0. The lowest BCUT2D eigenvalue weighted by Gasteiger charge is -2.38. The van der Waals surface area contributed by atoms with Crippen molar-refractivity contribution < 1.29 is 13.2 Å². The summed E-state index contributed by atoms with van der Waals surface area (Å²) < 4.78 is 36.7. The van der Waals surface area contributed by atoms with Crippen LogP contribution in [-0.2, 0) is 0 Å². The molecule has 1 N–H and O–H groups in total. The Bertz CT molecular complexity index is 377. The molecule has 0 atom stereocenters. The standard InChI is InChI=1S/C14H25F3N4/c1-18-12(19-7-9-20(2)11-14(15,16)17)21-8-6-13(10-21)4-3-5-13/h3-11H2,1-2H3,(H,18,19). The van der Waals surface area contributed by atoms with Gasteiger partial charge in [-0.15, -0.1) is 0 Å². The van der Waals surface area contributed by atoms with Crippen molar-refractivity contribution in [2.75, 3.05) is 46.8 Å². The van der Waals surface area contributed by atoms with E-state index in [1.54, 1.807) is 7.05 Å². The number of nitrogens with one attached hydrogen (secondary N) is 1. The highest BCUT2D eigenvalue weighted by Crippen LogP contribution is 2.47. The lowest BCUT2D eigenvalue weighted by atomic mass is 9.68. The van der Waals surface area contributed by atoms with Crippen LogP contribution in [0.4, 0.5) is 13.2 Å². The lowest BCUT2D eigenvalue weighted by Crippen LogP contribution is -2.45. The van der Waals surface area contributed by atoms with E-state index in [4.69, 9.17) is 0 Å². The quantitative estimate of drug-likeness (QED) is 0.636. The second-order valence-electron chi connectivity index (χ2n) is 6.35. The molecule has 0 aromatic heterocycles. The Morgan fingerprint density at radius 2 is 2.05 bits per heavy atom. The van der Waals surface area contributed by atoms with Crippen molar-refractivity contribution in [2.45, 2.75) is 31.9 Å². The van der Waals surface area contributed by atoms with E-state index in [1.807, 2.05) is 0 Å². The van der Waals surface area contributed by atoms with Gasteiger partial charge in [-0.05, 0) is 31.7 Å². The summed E-state index contributed by atoms with van der Waals surface area (Å²) in [6, 6.07) is 0. The molecule has 2 fully saturated rings. The van der Waals surface area contributed by atoms with E-state index in [-0.39, 0.29) is 0 Å². The van der Waals surface area contributed by atoms with E-state index in [9.17, 15) is 13.2 Å². The topological polar surface area (TPSA) is 30.9 Å². The molecule has 1 heterocycles. The zero-order valence-corrected chi connectivity index (χ0v) is 12.8. The minimum absolute atomic E-state index is 0.345. The third-order valence-corrected chi connectivity index (χ3v) is 4.59. The molecule has 2 aliphatic rings. The molecule has 1 aliphatic carbocycles. The van der Waals surface area contributed by atoms with Crippen LogP contribution in [0.5, 0.6) is 0 Å². The Morgan fingerprint density at radius 1 is 1.33 bits per heavy atom. The van der Waals surface area contributed by atoms with E-state index in [1.165, 1.54) is 37.6 Å². The SMILES string of the molecule is CN=C(NCCN(C)CC(F)(F)F)N1CCC2(CCC2)C1. The number of guanidine groups is 1. The molecule has 0 amide bonds. The summed E-state index contributed by atoms with van der Waals surface area (Å²) in [5, 5.41) is 3.18. The van der Waals surface area contributed by atoms with Crippen LogP contribution in [0.3, 0.4) is 0 Å². The van der Waals surface area contributed by atoms with Gasteiger partial charge in [-0.3, -0.25) is 9.89 Å². The van der Waals surface area contributed by atoms with Crippen LogP contribution in [0.15, 0.2) is 4.99 Å². The lowest BCUT2D eigenvalue weighted by molar-refractivity contribution is -0.142. The van der Waals surface area contributed by atoms with Gasteiger partial charge in [0, 0.05) is 33.2 Å². The summed E-state index contributed by atoms with van der Waals surface area (Å²) in [5.74, 6) is 0.819. The Morgan fingerprint density at radius 3 is 2.52 bits per heavy atom. The summed E-state index contributed by atoms with van der Waals surface area (Å²) in [6.45, 7) is 1.98. The minimum Gasteiger partial charge on any atom is -0.355 e. The summed E-state index contributed by atoms with van der Waals surface area (Å²) in [7, 11) is 3.21. The van der Waals surface area contributed by atoms with Crippen LogP contribution >= 0.6 is 0 Å². The molecule has 1 aliphatic heterocycles. The van der Waals surface area contributed by atoms with Crippen molar-refractivity contribution in [3.05, 3.63) is 0 Å². The molecule has 21 heavy (non-hydrogen) atoms. The van der Waals surface area contributed by atoms with Gasteiger partial charge in [-0.2, -0.15) is 13.2 Å². The van der Waals surface area contributed by atoms with Crippen molar-refractivity contribution in [3.63, 3.8) is 0 Å². The van der Waals surface area contributed by atoms with Crippen LogP contribution in [0.2, 0.25) is 0 Å². The van der Waals surface area contributed by atoms with Crippen LogP contribution in [0, 0.1) is 5.41 Å². The summed E-state index contributed by atoms with van der Waals surface area (Å²) in [4.78, 5) is 7.77. The summed E-state index contributed by atoms with van der Waals surface area (Å²) >= 11 is 0. The van der Waals surface area contributed by atoms with Crippen LogP contribution in [0.1, 0.15) is 25.7 Å². The van der Waals surface area contributed by atoms with Gasteiger partial charge in [-0.1, -0.05) is 6.42 Å². The fraction of sp³-hybridized carbons (Fsp3) is 0.929. The second-order valence-corrected chi connectivity index (χ2v) is 6.35. The van der Waals surface area contributed by atoms with Crippen LogP contribution in [0.25, 0.3) is 0 Å². The first-order valence-electron chi connectivity index (χ1n) is 7.54. The summed E-state index contributed by atoms with van der Waals surface area (Å²) in [5.41, 5.74) is 0.491. The van der Waals surface area contributed by atoms with Gasteiger partial charge in [0.2, 0.25) is 0 Å². The second kappa shape index (κ2) is 6.42. The van der Waals surface area contributed by atoms with Gasteiger partial charge in [0.05, 0.1) is 6.54 Å². The Hall–Kier alpha value is -0.980. The summed E-state index contributed by atoms with van der Waals surface area (Å²) in [6.07, 6.45) is 0.995. The number of aliphatic imine (C=N–C) groups is 1. The zero-order valence-electron chi connectivity index (χ0n) is 12.8. The van der Waals surface area contributed by atoms with E-state index in [2.05, 4.69) is 15.2 Å². The largest absolute Gasteiger partial charge is 0.401 e. The predicted molar refractivity (Wildman–Crippen MR) is 77.4 cm³/mol. The number of halogens is 3. The molecule has 0 aromatic rings. The number of hydrogen-bond donors (Lipinski definition) is 1. The van der Waals surface area contributed by atoms with Crippen molar-refractivity contribution in [1.29, 1.82) is 0 Å². The molecule has 0 unspecified atom stereocenters. The van der Waals surface area contributed by atoms with Gasteiger partial charge in [0.1, 0.15) is 0 Å². The van der Waals surface area contributed by atoms with Crippen molar-refractivity contribution >= 4 is 5.96 Å². The Labute approximate surface area is 124 Å². The monoisotopic (exact) mass is 306 g/mol. The fourth-order valence-corrected chi connectivity index (χ4v) is 3.28. The van der Waals surface area contributed by atoms with E-state index in [0.29, 0.717) is 18.5 Å². The maximum Gasteiger partial charge on any atom is 0.401 e. The highest BCUT2D eigenvalue weighted by atomic mass is 19.4. The molecule has 7 heteroatoms. The van der Waals surface area contributed by atoms with Gasteiger partial charge in [0.15, 0.2) is 5.96 Å². The minimum atomic E-state index is -4.14. The first-order chi connectivity index (χ1) is 9.84. The number of likely N-dealkylation sites (N-methyl/N-ethyl adjacent to an activating group) is 1. The van der Waals surface area contributed by atoms with Crippen molar-refractivity contribution in [3.8, 4) is 0 Å². The third-order valence-electron chi connectivity index (χ3n) is 4.59. The van der Waals surface area contributed by atoms with Crippen molar-refractivity contribution in [1.82, 2.24) is 15.1 Å². The Balaban J connectivity index is 1.71. The fourth-order valence-electron chi connectivity index (χ4n) is 3.28. The van der Waals surface area contributed by atoms with Crippen LogP contribution in [-0.4, -0.2) is 68.8 Å². The molecule has 1 spiro atoms. The van der Waals surface area contributed by atoms with Crippen molar-refractivity contribution in [2.24, 2.45) is 10.4 Å². The number of alkyl halides is 3. The maximum absolute atomic E-state index is 12.2. The molecule has 1 saturated heterocycles. The maximum atomic E-state index is 12.2. The number of nitrogens with zero attached hydrogens (tertiary/aromatic N) is 3. The predicted octanol–water partition coefficient (Wildman–Crippen LogP) is 1.93. The first-order valence-corrected chi connectivity index (χ1v) is 7.54. The van der Waals surface area contributed by atoms with Gasteiger partial charge in [0.25, 0.3) is 0 Å². The molecular weight excluding hydrogens is 281 g/mol. The molecular formula is C14H25F3N4. The first kappa shape index (κ1) is 16.4. The molecule has 0 radical (unpaired) electrons. The molecule has 1 saturated carbocycles. The smallest absolute Gasteiger partial charge is 0.355 e.